The van der Waals surface area contributed by atoms with Crippen LogP contribution >= 0.6 is 0 Å². The fourth-order valence-electron chi connectivity index (χ4n) is 1.79. The van der Waals surface area contributed by atoms with E-state index in [-0.39, 0.29) is 5.91 Å². The molecule has 0 saturated carbocycles. The summed E-state index contributed by atoms with van der Waals surface area (Å²) in [4.78, 5) is 11.8. The molecule has 1 atom stereocenters. The lowest BCUT2D eigenvalue weighted by molar-refractivity contribution is -0.116. The number of nitrogens with two attached hydrogens (primary N) is 1. The molecule has 0 fully saturated rings. The molecular formula is C13H18N4O. The maximum Gasteiger partial charge on any atom is 0.224 e. The van der Waals surface area contributed by atoms with E-state index in [4.69, 9.17) is 5.73 Å². The van der Waals surface area contributed by atoms with E-state index in [9.17, 15) is 4.79 Å². The first-order valence-electron chi connectivity index (χ1n) is 6.12. The minimum Gasteiger partial charge on any atom is -0.330 e. The summed E-state index contributed by atoms with van der Waals surface area (Å²) in [6, 6.07) is 5.69. The Hall–Kier alpha value is -1.88. The smallest absolute Gasteiger partial charge is 0.224 e. The van der Waals surface area contributed by atoms with Gasteiger partial charge in [0.25, 0.3) is 0 Å². The number of carbonyl (C=O) groups excluding carboxylic acids is 1. The maximum absolute atomic E-state index is 11.8. The van der Waals surface area contributed by atoms with Crippen LogP contribution in [0.15, 0.2) is 24.4 Å². The molecule has 5 nitrogen and oxygen atoms in total. The topological polar surface area (TPSA) is 83.8 Å². The van der Waals surface area contributed by atoms with Crippen molar-refractivity contribution in [2.24, 2.45) is 11.7 Å². The lowest BCUT2D eigenvalue weighted by Crippen LogP contribution is -2.16. The molecule has 0 bridgehead atoms. The second-order valence-corrected chi connectivity index (χ2v) is 4.56. The fourth-order valence-corrected chi connectivity index (χ4v) is 1.79. The monoisotopic (exact) mass is 246 g/mol. The molecule has 4 N–H and O–H groups in total. The third-order valence-electron chi connectivity index (χ3n) is 3.03. The molecule has 18 heavy (non-hydrogen) atoms. The van der Waals surface area contributed by atoms with Gasteiger partial charge in [-0.25, -0.2) is 0 Å². The molecule has 1 unspecified atom stereocenters. The van der Waals surface area contributed by atoms with Gasteiger partial charge >= 0.3 is 0 Å². The zero-order valence-corrected chi connectivity index (χ0v) is 10.4. The lowest BCUT2D eigenvalue weighted by atomic mass is 10.1. The number of anilines is 1. The number of H-pyrrole nitrogens is 1. The van der Waals surface area contributed by atoms with Gasteiger partial charge < -0.3 is 11.1 Å². The largest absolute Gasteiger partial charge is 0.330 e. The highest BCUT2D eigenvalue weighted by atomic mass is 16.1. The first-order chi connectivity index (χ1) is 8.70. The summed E-state index contributed by atoms with van der Waals surface area (Å²) >= 11 is 0. The van der Waals surface area contributed by atoms with Crippen LogP contribution in [-0.4, -0.2) is 22.6 Å². The number of amides is 1. The molecule has 0 aliphatic carbocycles. The summed E-state index contributed by atoms with van der Waals surface area (Å²) in [5.74, 6) is 0.393. The predicted octanol–water partition coefficient (Wildman–Crippen LogP) is 1.88. The highest BCUT2D eigenvalue weighted by molar-refractivity contribution is 6.00. The second-order valence-electron chi connectivity index (χ2n) is 4.56. The number of nitrogens with one attached hydrogen (secondary N) is 2. The fraction of sp³-hybridized carbons (Fsp3) is 0.385. The van der Waals surface area contributed by atoms with Crippen LogP contribution in [0.1, 0.15) is 19.8 Å². The number of hydrogen-bond acceptors (Lipinski definition) is 3. The number of nitrogens with zero attached hydrogens (tertiary/aromatic N) is 1. The van der Waals surface area contributed by atoms with Gasteiger partial charge in [0.2, 0.25) is 5.91 Å². The number of fused-ring (bicyclic) bond motifs is 1. The number of rotatable bonds is 5. The molecule has 1 heterocycles. The van der Waals surface area contributed by atoms with Gasteiger partial charge in [-0.3, -0.25) is 9.89 Å². The highest BCUT2D eigenvalue weighted by Crippen LogP contribution is 2.21. The number of carbonyl (C=O) groups is 1. The van der Waals surface area contributed by atoms with Gasteiger partial charge in [-0.05, 0) is 31.0 Å². The first kappa shape index (κ1) is 12.6. The summed E-state index contributed by atoms with van der Waals surface area (Å²) in [6.07, 6.45) is 3.02. The van der Waals surface area contributed by atoms with Crippen LogP contribution in [-0.2, 0) is 4.79 Å². The van der Waals surface area contributed by atoms with E-state index in [0.29, 0.717) is 18.9 Å². The molecule has 0 spiro atoms. The first-order valence-corrected chi connectivity index (χ1v) is 6.12. The molecule has 2 aromatic rings. The van der Waals surface area contributed by atoms with Crippen molar-refractivity contribution in [1.29, 1.82) is 0 Å². The summed E-state index contributed by atoms with van der Waals surface area (Å²) in [7, 11) is 0. The van der Waals surface area contributed by atoms with Crippen LogP contribution in [0.4, 0.5) is 5.69 Å². The van der Waals surface area contributed by atoms with Crippen LogP contribution in [0.25, 0.3) is 10.9 Å². The highest BCUT2D eigenvalue weighted by Gasteiger charge is 2.08. The Kier molecular flexibility index (Phi) is 3.94. The van der Waals surface area contributed by atoms with E-state index in [1.54, 1.807) is 6.20 Å². The molecular weight excluding hydrogens is 228 g/mol. The Bertz CT molecular complexity index is 535. The number of hydrogen-bond donors (Lipinski definition) is 3. The molecule has 96 valence electrons. The second kappa shape index (κ2) is 5.64. The van der Waals surface area contributed by atoms with Gasteiger partial charge in [0.05, 0.1) is 17.4 Å². The van der Waals surface area contributed by atoms with Crippen molar-refractivity contribution >= 4 is 22.5 Å². The van der Waals surface area contributed by atoms with E-state index in [1.165, 1.54) is 0 Å². The van der Waals surface area contributed by atoms with Crippen LogP contribution in [0.3, 0.4) is 0 Å². The molecule has 0 aliphatic heterocycles. The van der Waals surface area contributed by atoms with Crippen molar-refractivity contribution in [3.63, 3.8) is 0 Å². The van der Waals surface area contributed by atoms with Crippen LogP contribution in [0.5, 0.6) is 0 Å². The molecule has 0 saturated heterocycles. The minimum absolute atomic E-state index is 0.0176. The minimum atomic E-state index is 0.0176. The van der Waals surface area contributed by atoms with Crippen LogP contribution < -0.4 is 11.1 Å². The van der Waals surface area contributed by atoms with Crippen molar-refractivity contribution < 1.29 is 4.79 Å². The van der Waals surface area contributed by atoms with E-state index < -0.39 is 0 Å². The summed E-state index contributed by atoms with van der Waals surface area (Å²) in [6.45, 7) is 2.66. The average Bonchev–Trinajstić information content (AvgIpc) is 2.85. The molecule has 1 amide bonds. The van der Waals surface area contributed by atoms with Gasteiger partial charge in [-0.15, -0.1) is 0 Å². The molecule has 1 aromatic heterocycles. The summed E-state index contributed by atoms with van der Waals surface area (Å²) in [5.41, 5.74) is 7.24. The van der Waals surface area contributed by atoms with Gasteiger partial charge in [0, 0.05) is 11.8 Å². The Balaban J connectivity index is 2.00. The molecule has 0 radical (unpaired) electrons. The van der Waals surface area contributed by atoms with E-state index in [0.717, 1.165) is 23.0 Å². The van der Waals surface area contributed by atoms with E-state index >= 15 is 0 Å². The zero-order chi connectivity index (χ0) is 13.0. The number of benzene rings is 1. The average molecular weight is 246 g/mol. The SMILES string of the molecule is CC(CN)CCC(=O)Nc1cccc2[nH]ncc12. The van der Waals surface area contributed by atoms with Gasteiger partial charge in [0.1, 0.15) is 0 Å². The Morgan fingerprint density at radius 2 is 2.39 bits per heavy atom. The normalized spacial score (nSPS) is 12.6. The molecule has 5 heteroatoms. The molecule has 0 aliphatic rings. The Labute approximate surface area is 106 Å². The van der Waals surface area contributed by atoms with E-state index in [2.05, 4.69) is 15.5 Å². The number of aromatic amines is 1. The van der Waals surface area contributed by atoms with E-state index in [1.807, 2.05) is 25.1 Å². The Morgan fingerprint density at radius 3 is 3.17 bits per heavy atom. The van der Waals surface area contributed by atoms with Gasteiger partial charge in [-0.2, -0.15) is 5.10 Å². The van der Waals surface area contributed by atoms with Crippen LogP contribution in [0, 0.1) is 5.92 Å². The Morgan fingerprint density at radius 1 is 1.56 bits per heavy atom. The summed E-state index contributed by atoms with van der Waals surface area (Å²) < 4.78 is 0. The summed E-state index contributed by atoms with van der Waals surface area (Å²) in [5, 5.41) is 10.7. The number of aromatic nitrogens is 2. The lowest BCUT2D eigenvalue weighted by Gasteiger charge is -2.09. The van der Waals surface area contributed by atoms with Crippen molar-refractivity contribution in [2.75, 3.05) is 11.9 Å². The molecule has 2 rings (SSSR count). The van der Waals surface area contributed by atoms with Crippen molar-refractivity contribution in [3.8, 4) is 0 Å². The van der Waals surface area contributed by atoms with Gasteiger partial charge in [0.15, 0.2) is 0 Å². The van der Waals surface area contributed by atoms with Crippen molar-refractivity contribution in [1.82, 2.24) is 10.2 Å². The molecule has 1 aromatic carbocycles. The van der Waals surface area contributed by atoms with Crippen molar-refractivity contribution in [3.05, 3.63) is 24.4 Å². The van der Waals surface area contributed by atoms with Crippen LogP contribution in [0.2, 0.25) is 0 Å². The zero-order valence-electron chi connectivity index (χ0n) is 10.4. The maximum atomic E-state index is 11.8. The third-order valence-corrected chi connectivity index (χ3v) is 3.03. The third kappa shape index (κ3) is 2.87. The predicted molar refractivity (Wildman–Crippen MR) is 72.2 cm³/mol. The van der Waals surface area contributed by atoms with Crippen molar-refractivity contribution in [2.45, 2.75) is 19.8 Å². The van der Waals surface area contributed by atoms with Gasteiger partial charge in [-0.1, -0.05) is 13.0 Å². The quantitative estimate of drug-likeness (QED) is 0.753. The standard InChI is InChI=1S/C13H18N4O/c1-9(7-14)5-6-13(18)16-11-3-2-4-12-10(11)8-15-17-12/h2-4,8-9H,5-7,14H2,1H3,(H,15,17)(H,16,18).